The number of benzene rings is 1. The quantitative estimate of drug-likeness (QED) is 0.400. The Kier molecular flexibility index (Phi) is 4.87. The van der Waals surface area contributed by atoms with E-state index in [-0.39, 0.29) is 9.32 Å². The fourth-order valence-electron chi connectivity index (χ4n) is 0.802. The maximum absolute atomic E-state index is 10.9. The van der Waals surface area contributed by atoms with Gasteiger partial charge < -0.3 is 4.52 Å². The van der Waals surface area contributed by atoms with Gasteiger partial charge in [-0.25, -0.2) is 4.57 Å². The Labute approximate surface area is 112 Å². The lowest BCUT2D eigenvalue weighted by Gasteiger charge is -2.09. The molecule has 84 valence electrons. The van der Waals surface area contributed by atoms with Gasteiger partial charge in [0.25, 0.3) is 0 Å². The molecule has 5 nitrogen and oxygen atoms in total. The van der Waals surface area contributed by atoms with Crippen LogP contribution in [-0.2, 0) is 7.63 Å². The Balaban J connectivity index is 3.27. The fourth-order valence-corrected chi connectivity index (χ4v) is 3.82. The van der Waals surface area contributed by atoms with E-state index >= 15 is 0 Å². The third-order valence-electron chi connectivity index (χ3n) is 1.25. The summed E-state index contributed by atoms with van der Waals surface area (Å²) >= 11 is 4.67. The van der Waals surface area contributed by atoms with Crippen molar-refractivity contribution in [2.45, 2.75) is 0 Å². The number of rotatable bonds is 3. The van der Waals surface area contributed by atoms with Gasteiger partial charge >= 0.3 is 7.82 Å². The van der Waals surface area contributed by atoms with Gasteiger partial charge in [0.1, 0.15) is 9.32 Å². The average Bonchev–Trinajstić information content (AvgIpc) is 1.99. The molecule has 1 aromatic carbocycles. The molecule has 1 aromatic rings. The van der Waals surface area contributed by atoms with E-state index in [1.807, 2.05) is 0 Å². The topological polar surface area (TPSA) is 83.8 Å². The van der Waals surface area contributed by atoms with Gasteiger partial charge in [0.2, 0.25) is 0 Å². The maximum atomic E-state index is 10.9. The Morgan fingerprint density at radius 2 is 1.93 bits per heavy atom. The Bertz CT molecular complexity index is 445. The second-order valence-corrected chi connectivity index (χ2v) is 6.81. The molecule has 0 saturated heterocycles. The molecule has 0 amide bonds. The summed E-state index contributed by atoms with van der Waals surface area (Å²) in [6.07, 6.45) is 0. The summed E-state index contributed by atoms with van der Waals surface area (Å²) in [4.78, 5) is 17.3. The van der Waals surface area contributed by atoms with E-state index in [2.05, 4.69) is 36.4 Å². The zero-order chi connectivity index (χ0) is 11.6. The molecule has 1 rings (SSSR count). The van der Waals surface area contributed by atoms with E-state index in [4.69, 9.17) is 9.79 Å². The van der Waals surface area contributed by atoms with E-state index in [0.29, 0.717) is 8.95 Å². The van der Waals surface area contributed by atoms with Gasteiger partial charge in [-0.15, -0.1) is 0 Å². The lowest BCUT2D eigenvalue weighted by Crippen LogP contribution is -1.93. The van der Waals surface area contributed by atoms with Crippen molar-refractivity contribution in [2.75, 3.05) is 0 Å². The predicted molar refractivity (Wildman–Crippen MR) is 67.9 cm³/mol. The number of hydrogen-bond acceptors (Lipinski definition) is 3. The van der Waals surface area contributed by atoms with Crippen LogP contribution < -0.4 is 4.52 Å². The molecule has 0 aromatic heterocycles. The molecule has 0 bridgehead atoms. The number of hydrogen-bond donors (Lipinski definition) is 2. The molecular weight excluding hydrogens is 470 g/mol. The number of phosphoric acid groups is 1. The van der Waals surface area contributed by atoms with Crippen LogP contribution >= 0.6 is 60.9 Å². The largest absolute Gasteiger partial charge is 0.524 e. The minimum Gasteiger partial charge on any atom is -0.403 e. The van der Waals surface area contributed by atoms with E-state index in [1.165, 1.54) is 6.07 Å². The normalized spacial score (nSPS) is 11.5. The SMILES string of the molecule is O=Ic1c(Br)cc(Br)cc1OP(=O)(O)O. The highest BCUT2D eigenvalue weighted by Gasteiger charge is 2.20. The predicted octanol–water partition coefficient (Wildman–Crippen LogP) is 3.17. The van der Waals surface area contributed by atoms with Gasteiger partial charge in [-0.3, -0.25) is 12.9 Å². The molecule has 0 saturated carbocycles. The van der Waals surface area contributed by atoms with Crippen LogP contribution in [0.25, 0.3) is 0 Å². The van der Waals surface area contributed by atoms with Crippen molar-refractivity contribution < 1.29 is 21.9 Å². The second kappa shape index (κ2) is 5.33. The molecule has 0 aliphatic heterocycles. The standard InChI is InChI=1S/C6H4Br2IO5P/c7-3-1-4(8)6(9-10)5(2-3)14-15(11,12)13/h1-2H,(H2,11,12,13). The molecule has 0 spiro atoms. The van der Waals surface area contributed by atoms with Crippen molar-refractivity contribution in [3.8, 4) is 5.75 Å². The van der Waals surface area contributed by atoms with E-state index in [1.54, 1.807) is 6.07 Å². The van der Waals surface area contributed by atoms with Crippen LogP contribution in [0.4, 0.5) is 0 Å². The summed E-state index contributed by atoms with van der Waals surface area (Å²) in [6.45, 7) is 0. The van der Waals surface area contributed by atoms with Crippen LogP contribution in [0.3, 0.4) is 0 Å². The molecule has 0 radical (unpaired) electrons. The highest BCUT2D eigenvalue weighted by molar-refractivity contribution is 14.1. The van der Waals surface area contributed by atoms with Crippen molar-refractivity contribution >= 4 is 60.9 Å². The number of halogens is 3. The summed E-state index contributed by atoms with van der Waals surface area (Å²) in [7, 11) is -4.63. The first-order valence-electron chi connectivity index (χ1n) is 3.35. The zero-order valence-corrected chi connectivity index (χ0v) is 13.1. The molecule has 0 aliphatic rings. The average molecular weight is 474 g/mol. The first-order chi connectivity index (χ1) is 6.83. The van der Waals surface area contributed by atoms with Crippen LogP contribution in [0, 0.1) is 3.57 Å². The molecular formula is C6H4Br2IO5P. The molecule has 0 unspecified atom stereocenters. The summed E-state index contributed by atoms with van der Waals surface area (Å²) in [5.74, 6) is -0.0765. The van der Waals surface area contributed by atoms with Crippen molar-refractivity contribution in [1.29, 1.82) is 0 Å². The summed E-state index contributed by atoms with van der Waals surface area (Å²) in [5, 5.41) is 0. The second-order valence-electron chi connectivity index (χ2n) is 2.36. The highest BCUT2D eigenvalue weighted by atomic mass is 127. The minimum atomic E-state index is -4.63. The molecule has 15 heavy (non-hydrogen) atoms. The Morgan fingerprint density at radius 1 is 1.33 bits per heavy atom. The molecule has 2 N–H and O–H groups in total. The fraction of sp³-hybridized carbons (Fsp3) is 0. The lowest BCUT2D eigenvalue weighted by atomic mass is 10.3. The Hall–Kier alpha value is 0.660. The third kappa shape index (κ3) is 4.20. The zero-order valence-electron chi connectivity index (χ0n) is 6.85. The summed E-state index contributed by atoms with van der Waals surface area (Å²) in [6, 6.07) is 2.98. The molecule has 9 heteroatoms. The van der Waals surface area contributed by atoms with E-state index in [0.717, 1.165) is 0 Å². The van der Waals surface area contributed by atoms with Gasteiger partial charge in [-0.1, -0.05) is 15.9 Å². The number of phosphoric ester groups is 1. The minimum absolute atomic E-state index is 0.0765. The highest BCUT2D eigenvalue weighted by Crippen LogP contribution is 2.43. The molecule has 0 atom stereocenters. The van der Waals surface area contributed by atoms with Gasteiger partial charge in [-0.2, -0.15) is 0 Å². The van der Waals surface area contributed by atoms with Crippen molar-refractivity contribution in [3.05, 3.63) is 24.6 Å². The lowest BCUT2D eigenvalue weighted by molar-refractivity contribution is 0.282. The van der Waals surface area contributed by atoms with Gasteiger partial charge in [-0.05, 0) is 28.1 Å². The third-order valence-corrected chi connectivity index (χ3v) is 5.07. The maximum Gasteiger partial charge on any atom is 0.524 e. The molecule has 0 aliphatic carbocycles. The van der Waals surface area contributed by atoms with Crippen LogP contribution in [0.1, 0.15) is 0 Å². The van der Waals surface area contributed by atoms with Crippen LogP contribution in [0.2, 0.25) is 0 Å². The van der Waals surface area contributed by atoms with Gasteiger partial charge in [0, 0.05) is 8.95 Å². The van der Waals surface area contributed by atoms with Crippen molar-refractivity contribution in [2.24, 2.45) is 0 Å². The van der Waals surface area contributed by atoms with E-state index < -0.39 is 29.0 Å². The van der Waals surface area contributed by atoms with Crippen LogP contribution in [0.15, 0.2) is 21.1 Å². The molecule has 0 fully saturated rings. The molecule has 0 heterocycles. The van der Waals surface area contributed by atoms with Crippen LogP contribution in [-0.4, -0.2) is 9.79 Å². The first-order valence-corrected chi connectivity index (χ1v) is 8.42. The van der Waals surface area contributed by atoms with Gasteiger partial charge in [0.15, 0.2) is 21.2 Å². The first kappa shape index (κ1) is 13.7. The van der Waals surface area contributed by atoms with Crippen molar-refractivity contribution in [3.63, 3.8) is 0 Å². The smallest absolute Gasteiger partial charge is 0.403 e. The van der Waals surface area contributed by atoms with E-state index in [9.17, 15) is 7.63 Å². The summed E-state index contributed by atoms with van der Waals surface area (Å²) in [5.41, 5.74) is 0. The summed E-state index contributed by atoms with van der Waals surface area (Å²) < 4.78 is 27.3. The Morgan fingerprint density at radius 3 is 2.40 bits per heavy atom. The monoisotopic (exact) mass is 472 g/mol. The van der Waals surface area contributed by atoms with Crippen molar-refractivity contribution in [1.82, 2.24) is 0 Å². The van der Waals surface area contributed by atoms with Crippen LogP contribution in [0.5, 0.6) is 5.75 Å². The van der Waals surface area contributed by atoms with Gasteiger partial charge in [0.05, 0.1) is 0 Å².